The fourth-order valence-corrected chi connectivity index (χ4v) is 6.37. The highest BCUT2D eigenvalue weighted by Gasteiger charge is 2.33. The summed E-state index contributed by atoms with van der Waals surface area (Å²) in [6, 6.07) is 15.8. The fourth-order valence-electron chi connectivity index (χ4n) is 4.07. The minimum Gasteiger partial charge on any atom is -0.374 e. The highest BCUT2D eigenvalue weighted by molar-refractivity contribution is 8.15. The van der Waals surface area contributed by atoms with Crippen LogP contribution < -0.4 is 10.2 Å². The lowest BCUT2D eigenvalue weighted by molar-refractivity contribution is -0.0292. The van der Waals surface area contributed by atoms with Crippen LogP contribution in [0, 0.1) is 0 Å². The number of nitrogens with zero attached hydrogens (tertiary/aromatic N) is 3. The van der Waals surface area contributed by atoms with Crippen molar-refractivity contribution in [2.45, 2.75) is 17.5 Å². The molecule has 3 aliphatic heterocycles. The lowest BCUT2D eigenvalue weighted by atomic mass is 10.1. The Bertz CT molecular complexity index is 1150. The third-order valence-electron chi connectivity index (χ3n) is 5.70. The van der Waals surface area contributed by atoms with Gasteiger partial charge in [-0.25, -0.2) is 8.42 Å². The maximum atomic E-state index is 12.7. The van der Waals surface area contributed by atoms with Crippen molar-refractivity contribution in [3.63, 3.8) is 0 Å². The highest BCUT2D eigenvalue weighted by Crippen LogP contribution is 2.42. The number of thioether (sulfide) groups is 1. The zero-order valence-electron chi connectivity index (χ0n) is 17.4. The Hall–Kier alpha value is -2.40. The molecule has 1 saturated heterocycles. The van der Waals surface area contributed by atoms with Gasteiger partial charge >= 0.3 is 0 Å². The van der Waals surface area contributed by atoms with E-state index in [9.17, 15) is 13.2 Å². The van der Waals surface area contributed by atoms with Crippen molar-refractivity contribution < 1.29 is 17.9 Å². The number of ether oxygens (including phenoxy) is 1. The van der Waals surface area contributed by atoms with E-state index in [1.54, 1.807) is 12.1 Å². The summed E-state index contributed by atoms with van der Waals surface area (Å²) < 4.78 is 33.3. The van der Waals surface area contributed by atoms with Crippen LogP contribution in [0.3, 0.4) is 0 Å². The lowest BCUT2D eigenvalue weighted by Crippen LogP contribution is -2.47. The van der Waals surface area contributed by atoms with Gasteiger partial charge in [0, 0.05) is 43.2 Å². The minimum absolute atomic E-state index is 0.00140. The number of hydrogen-bond donors (Lipinski definition) is 1. The molecule has 3 heterocycles. The molecule has 0 spiro atoms. The third kappa shape index (κ3) is 4.68. The molecule has 10 heteroatoms. The van der Waals surface area contributed by atoms with E-state index in [-0.39, 0.29) is 17.8 Å². The second-order valence-electron chi connectivity index (χ2n) is 8.02. The van der Waals surface area contributed by atoms with Crippen LogP contribution in [-0.2, 0) is 21.3 Å². The first-order valence-corrected chi connectivity index (χ1v) is 13.0. The number of amides is 1. The molecule has 8 nitrogen and oxygen atoms in total. The first-order chi connectivity index (χ1) is 15.5. The summed E-state index contributed by atoms with van der Waals surface area (Å²) in [6.45, 7) is 3.96. The second-order valence-corrected chi connectivity index (χ2v) is 10.8. The number of carbonyl (C=O) groups is 1. The molecule has 2 aromatic carbocycles. The van der Waals surface area contributed by atoms with E-state index >= 15 is 0 Å². The zero-order valence-corrected chi connectivity index (χ0v) is 19.1. The van der Waals surface area contributed by atoms with E-state index in [0.717, 1.165) is 30.2 Å². The third-order valence-corrected chi connectivity index (χ3v) is 8.00. The van der Waals surface area contributed by atoms with Gasteiger partial charge in [-0.3, -0.25) is 9.69 Å². The van der Waals surface area contributed by atoms with Gasteiger partial charge in [-0.15, -0.1) is 4.40 Å². The number of sulfonamides is 1. The molecule has 1 fully saturated rings. The molecule has 1 atom stereocenters. The van der Waals surface area contributed by atoms with E-state index in [1.807, 2.05) is 29.2 Å². The van der Waals surface area contributed by atoms with Crippen molar-refractivity contribution in [2.24, 2.45) is 4.40 Å². The maximum absolute atomic E-state index is 12.7. The normalized spacial score (nSPS) is 22.1. The van der Waals surface area contributed by atoms with E-state index in [0.29, 0.717) is 30.4 Å². The van der Waals surface area contributed by atoms with Crippen LogP contribution in [0.15, 0.2) is 57.8 Å². The smallest absolute Gasteiger partial charge is 0.257 e. The van der Waals surface area contributed by atoms with Gasteiger partial charge in [0.05, 0.1) is 24.2 Å². The number of rotatable bonds is 5. The van der Waals surface area contributed by atoms with Crippen molar-refractivity contribution in [1.82, 2.24) is 10.2 Å². The van der Waals surface area contributed by atoms with E-state index in [4.69, 9.17) is 4.74 Å². The Labute approximate surface area is 191 Å². The van der Waals surface area contributed by atoms with Crippen molar-refractivity contribution in [3.05, 3.63) is 59.7 Å². The average molecular weight is 473 g/mol. The Morgan fingerprint density at radius 3 is 2.88 bits per heavy atom. The molecule has 168 valence electrons. The monoisotopic (exact) mass is 472 g/mol. The van der Waals surface area contributed by atoms with E-state index in [2.05, 4.69) is 26.7 Å². The van der Waals surface area contributed by atoms with E-state index in [1.165, 1.54) is 17.3 Å². The second kappa shape index (κ2) is 8.86. The quantitative estimate of drug-likeness (QED) is 0.711. The van der Waals surface area contributed by atoms with Crippen LogP contribution in [0.2, 0.25) is 0 Å². The van der Waals surface area contributed by atoms with Gasteiger partial charge in [0.1, 0.15) is 0 Å². The summed E-state index contributed by atoms with van der Waals surface area (Å²) in [5, 5.41) is 3.44. The highest BCUT2D eigenvalue weighted by atomic mass is 32.2. The zero-order chi connectivity index (χ0) is 22.1. The first kappa shape index (κ1) is 21.4. The number of fused-ring (bicyclic) bond motifs is 3. The van der Waals surface area contributed by atoms with Crippen molar-refractivity contribution >= 4 is 38.5 Å². The van der Waals surface area contributed by atoms with Gasteiger partial charge in [-0.05, 0) is 35.5 Å². The first-order valence-electron chi connectivity index (χ1n) is 10.5. The number of amidine groups is 1. The number of nitrogens with one attached hydrogen (secondary N) is 1. The van der Waals surface area contributed by atoms with Gasteiger partial charge in [0.25, 0.3) is 15.9 Å². The molecule has 2 aromatic rings. The van der Waals surface area contributed by atoms with Gasteiger partial charge in [0.15, 0.2) is 5.17 Å². The molecule has 1 amide bonds. The number of benzene rings is 2. The molecule has 0 radical (unpaired) electrons. The largest absolute Gasteiger partial charge is 0.374 e. The molecular formula is C22H24N4O4S2. The Balaban J connectivity index is 1.19. The molecule has 0 bridgehead atoms. The summed E-state index contributed by atoms with van der Waals surface area (Å²) in [7, 11) is -3.40. The van der Waals surface area contributed by atoms with Crippen LogP contribution >= 0.6 is 11.8 Å². The summed E-state index contributed by atoms with van der Waals surface area (Å²) in [5.74, 6) is -0.168. The van der Waals surface area contributed by atoms with Crippen LogP contribution in [0.25, 0.3) is 0 Å². The van der Waals surface area contributed by atoms with E-state index < -0.39 is 10.0 Å². The Morgan fingerprint density at radius 1 is 1.19 bits per heavy atom. The summed E-state index contributed by atoms with van der Waals surface area (Å²) in [5.41, 5.74) is 2.70. The molecule has 1 N–H and O–H groups in total. The average Bonchev–Trinajstić information content (AvgIpc) is 3.13. The molecule has 0 aliphatic carbocycles. The van der Waals surface area contributed by atoms with Gasteiger partial charge < -0.3 is 15.0 Å². The Morgan fingerprint density at radius 2 is 2.03 bits per heavy atom. The van der Waals surface area contributed by atoms with Gasteiger partial charge in [-0.1, -0.05) is 30.3 Å². The topological polar surface area (TPSA) is 91.3 Å². The molecule has 3 aliphatic rings. The van der Waals surface area contributed by atoms with Crippen LogP contribution in [-0.4, -0.2) is 69.0 Å². The molecule has 32 heavy (non-hydrogen) atoms. The predicted molar refractivity (Wildman–Crippen MR) is 125 cm³/mol. The molecule has 1 unspecified atom stereocenters. The van der Waals surface area contributed by atoms with Gasteiger partial charge in [0.2, 0.25) is 0 Å². The summed E-state index contributed by atoms with van der Waals surface area (Å²) in [4.78, 5) is 17.8. The van der Waals surface area contributed by atoms with Crippen LogP contribution in [0.1, 0.15) is 15.9 Å². The van der Waals surface area contributed by atoms with Crippen LogP contribution in [0.4, 0.5) is 5.69 Å². The number of morpholine rings is 1. The molecule has 0 saturated carbocycles. The molecule has 0 aromatic heterocycles. The summed E-state index contributed by atoms with van der Waals surface area (Å²) >= 11 is 1.29. The lowest BCUT2D eigenvalue weighted by Gasteiger charge is -2.33. The molecular weight excluding hydrogens is 448 g/mol. The maximum Gasteiger partial charge on any atom is 0.257 e. The van der Waals surface area contributed by atoms with Crippen molar-refractivity contribution in [3.8, 4) is 0 Å². The van der Waals surface area contributed by atoms with Crippen LogP contribution in [0.5, 0.6) is 0 Å². The molecule has 5 rings (SSSR count). The van der Waals surface area contributed by atoms with Crippen molar-refractivity contribution in [1.29, 1.82) is 0 Å². The standard InChI is InChI=1S/C22H24N4O4S2/c27-21(23-13-18-15-25(8-10-30-18)14-16-4-2-1-3-5-16)17-6-7-19-20(12-17)31-22-24-32(28,29)11-9-26(19)22/h1-7,12,18H,8-11,13-15H2,(H,23,27). The SMILES string of the molecule is O=C(NCC1CN(Cc2ccccc2)CCO1)c1ccc2c(c1)SC1=NS(=O)(=O)CCN12. The summed E-state index contributed by atoms with van der Waals surface area (Å²) in [6.07, 6.45) is -0.0613. The number of anilines is 1. The fraction of sp³-hybridized carbons (Fsp3) is 0.364. The predicted octanol–water partition coefficient (Wildman–Crippen LogP) is 1.93. The number of hydrogen-bond acceptors (Lipinski definition) is 7. The number of carbonyl (C=O) groups excluding carboxylic acids is 1. The van der Waals surface area contributed by atoms with Crippen molar-refractivity contribution in [2.75, 3.05) is 43.4 Å². The minimum atomic E-state index is -3.40. The van der Waals surface area contributed by atoms with Gasteiger partial charge in [-0.2, -0.15) is 0 Å². The Kier molecular flexibility index (Phi) is 5.93.